The molecule has 2 rings (SSSR count). The number of aromatic nitrogens is 1. The standard InChI is InChI=1S/C13H10BrClN2O2/c1-7-5-9(14)11(6-10(7)15)17-13(19)8-3-2-4-16-12(8)18/h2-6H,1H3,(H,16,18)(H,17,19). The van der Waals surface area contributed by atoms with Crippen molar-refractivity contribution in [2.24, 2.45) is 0 Å². The van der Waals surface area contributed by atoms with E-state index in [-0.39, 0.29) is 5.56 Å². The van der Waals surface area contributed by atoms with Gasteiger partial charge in [-0.15, -0.1) is 0 Å². The van der Waals surface area contributed by atoms with Crippen LogP contribution in [0.4, 0.5) is 5.69 Å². The van der Waals surface area contributed by atoms with E-state index in [9.17, 15) is 9.59 Å². The predicted molar refractivity (Wildman–Crippen MR) is 78.9 cm³/mol. The molecule has 19 heavy (non-hydrogen) atoms. The lowest BCUT2D eigenvalue weighted by molar-refractivity contribution is 0.102. The number of pyridine rings is 1. The molecule has 1 aromatic heterocycles. The first-order valence-electron chi connectivity index (χ1n) is 5.43. The van der Waals surface area contributed by atoms with E-state index < -0.39 is 11.5 Å². The maximum Gasteiger partial charge on any atom is 0.261 e. The number of rotatable bonds is 2. The molecule has 0 aliphatic rings. The van der Waals surface area contributed by atoms with Crippen LogP contribution in [0.5, 0.6) is 0 Å². The van der Waals surface area contributed by atoms with Gasteiger partial charge in [0.15, 0.2) is 0 Å². The van der Waals surface area contributed by atoms with Crippen molar-refractivity contribution < 1.29 is 4.79 Å². The minimum absolute atomic E-state index is 0.0473. The van der Waals surface area contributed by atoms with E-state index in [0.717, 1.165) is 5.56 Å². The predicted octanol–water partition coefficient (Wildman–Crippen LogP) is 3.35. The number of nitrogens with one attached hydrogen (secondary N) is 2. The zero-order valence-corrected chi connectivity index (χ0v) is 12.3. The zero-order valence-electron chi connectivity index (χ0n) is 9.96. The van der Waals surface area contributed by atoms with E-state index >= 15 is 0 Å². The first kappa shape index (κ1) is 13.8. The Morgan fingerprint density at radius 3 is 2.84 bits per heavy atom. The van der Waals surface area contributed by atoms with Gasteiger partial charge in [-0.1, -0.05) is 11.6 Å². The maximum absolute atomic E-state index is 12.0. The van der Waals surface area contributed by atoms with Gasteiger partial charge in [-0.2, -0.15) is 0 Å². The summed E-state index contributed by atoms with van der Waals surface area (Å²) in [6.45, 7) is 1.86. The molecule has 2 N–H and O–H groups in total. The molecule has 1 heterocycles. The summed E-state index contributed by atoms with van der Waals surface area (Å²) in [5.74, 6) is -0.484. The highest BCUT2D eigenvalue weighted by Crippen LogP contribution is 2.29. The van der Waals surface area contributed by atoms with Gasteiger partial charge in [0.05, 0.1) is 5.69 Å². The number of hydrogen-bond donors (Lipinski definition) is 2. The number of benzene rings is 1. The van der Waals surface area contributed by atoms with Gasteiger partial charge in [0.25, 0.3) is 11.5 Å². The third-order valence-electron chi connectivity index (χ3n) is 2.56. The monoisotopic (exact) mass is 340 g/mol. The van der Waals surface area contributed by atoms with Gasteiger partial charge in [0, 0.05) is 15.7 Å². The van der Waals surface area contributed by atoms with E-state index in [1.807, 2.05) is 6.92 Å². The van der Waals surface area contributed by atoms with Crippen molar-refractivity contribution in [2.45, 2.75) is 6.92 Å². The largest absolute Gasteiger partial charge is 0.328 e. The number of aromatic amines is 1. The summed E-state index contributed by atoms with van der Waals surface area (Å²) in [5, 5.41) is 3.19. The molecule has 1 amide bonds. The quantitative estimate of drug-likeness (QED) is 0.880. The molecule has 98 valence electrons. The van der Waals surface area contributed by atoms with Gasteiger partial charge in [-0.05, 0) is 52.7 Å². The summed E-state index contributed by atoms with van der Waals surface area (Å²) in [7, 11) is 0. The van der Waals surface area contributed by atoms with Crippen molar-refractivity contribution in [3.63, 3.8) is 0 Å². The first-order chi connectivity index (χ1) is 8.99. The Kier molecular flexibility index (Phi) is 4.07. The lowest BCUT2D eigenvalue weighted by Crippen LogP contribution is -2.22. The molecule has 4 nitrogen and oxygen atoms in total. The Morgan fingerprint density at radius 2 is 2.16 bits per heavy atom. The second kappa shape index (κ2) is 5.59. The van der Waals surface area contributed by atoms with Crippen LogP contribution in [-0.2, 0) is 0 Å². The topological polar surface area (TPSA) is 62.0 Å². The lowest BCUT2D eigenvalue weighted by atomic mass is 10.2. The number of carbonyl (C=O) groups is 1. The minimum atomic E-state index is -0.484. The molecule has 0 radical (unpaired) electrons. The van der Waals surface area contributed by atoms with Crippen LogP contribution in [0.1, 0.15) is 15.9 Å². The number of hydrogen-bond acceptors (Lipinski definition) is 2. The number of halogens is 2. The Hall–Kier alpha value is -1.59. The number of H-pyrrole nitrogens is 1. The third kappa shape index (κ3) is 3.05. The van der Waals surface area contributed by atoms with Crippen LogP contribution in [0.15, 0.2) is 39.7 Å². The summed E-state index contributed by atoms with van der Waals surface area (Å²) in [6.07, 6.45) is 1.47. The van der Waals surface area contributed by atoms with E-state index in [0.29, 0.717) is 15.2 Å². The highest BCUT2D eigenvalue weighted by Gasteiger charge is 2.12. The second-order valence-corrected chi connectivity index (χ2v) is 5.21. The molecule has 2 aromatic rings. The average molecular weight is 342 g/mol. The summed E-state index contributed by atoms with van der Waals surface area (Å²) in [6, 6.07) is 6.48. The fraction of sp³-hybridized carbons (Fsp3) is 0.0769. The molecule has 0 bridgehead atoms. The highest BCUT2D eigenvalue weighted by molar-refractivity contribution is 9.10. The molecule has 6 heteroatoms. The molecule has 0 fully saturated rings. The number of carbonyl (C=O) groups excluding carboxylic acids is 1. The Labute approximate surface area is 122 Å². The molecular weight excluding hydrogens is 332 g/mol. The van der Waals surface area contributed by atoms with Crippen LogP contribution in [-0.4, -0.2) is 10.9 Å². The van der Waals surface area contributed by atoms with Crippen molar-refractivity contribution in [3.05, 3.63) is 61.4 Å². The average Bonchev–Trinajstić information content (AvgIpc) is 2.36. The van der Waals surface area contributed by atoms with Gasteiger partial charge in [0.1, 0.15) is 5.56 Å². The molecule has 1 aromatic carbocycles. The first-order valence-corrected chi connectivity index (χ1v) is 6.61. The van der Waals surface area contributed by atoms with Crippen LogP contribution in [0, 0.1) is 6.92 Å². The fourth-order valence-corrected chi connectivity index (χ4v) is 2.25. The van der Waals surface area contributed by atoms with Gasteiger partial charge < -0.3 is 10.3 Å². The zero-order chi connectivity index (χ0) is 14.0. The van der Waals surface area contributed by atoms with Crippen LogP contribution in [0.2, 0.25) is 5.02 Å². The van der Waals surface area contributed by atoms with Crippen LogP contribution in [0.3, 0.4) is 0 Å². The van der Waals surface area contributed by atoms with Crippen molar-refractivity contribution in [1.82, 2.24) is 4.98 Å². The van der Waals surface area contributed by atoms with Gasteiger partial charge in [-0.3, -0.25) is 9.59 Å². The molecule has 0 atom stereocenters. The van der Waals surface area contributed by atoms with Crippen molar-refractivity contribution in [2.75, 3.05) is 5.32 Å². The molecule has 0 aliphatic carbocycles. The third-order valence-corrected chi connectivity index (χ3v) is 3.62. The molecule has 0 saturated heterocycles. The summed E-state index contributed by atoms with van der Waals surface area (Å²) >= 11 is 9.35. The number of amides is 1. The molecule has 0 saturated carbocycles. The summed E-state index contributed by atoms with van der Waals surface area (Å²) in [4.78, 5) is 25.9. The lowest BCUT2D eigenvalue weighted by Gasteiger charge is -2.09. The molecule has 0 unspecified atom stereocenters. The SMILES string of the molecule is Cc1cc(Br)c(NC(=O)c2ccc[nH]c2=O)cc1Cl. The summed E-state index contributed by atoms with van der Waals surface area (Å²) in [5.41, 5.74) is 1.02. The Morgan fingerprint density at radius 1 is 1.42 bits per heavy atom. The smallest absolute Gasteiger partial charge is 0.261 e. The Balaban J connectivity index is 2.32. The highest BCUT2D eigenvalue weighted by atomic mass is 79.9. The summed E-state index contributed by atoms with van der Waals surface area (Å²) < 4.78 is 0.704. The fourth-order valence-electron chi connectivity index (χ4n) is 1.53. The second-order valence-electron chi connectivity index (χ2n) is 3.95. The molecule has 0 spiro atoms. The van der Waals surface area contributed by atoms with Gasteiger partial charge >= 0.3 is 0 Å². The van der Waals surface area contributed by atoms with Crippen LogP contribution < -0.4 is 10.9 Å². The van der Waals surface area contributed by atoms with Gasteiger partial charge in [0.2, 0.25) is 0 Å². The van der Waals surface area contributed by atoms with E-state index in [1.54, 1.807) is 18.2 Å². The maximum atomic E-state index is 12.0. The number of anilines is 1. The normalized spacial score (nSPS) is 10.3. The Bertz CT molecular complexity index is 697. The van der Waals surface area contributed by atoms with Crippen LogP contribution in [0.25, 0.3) is 0 Å². The van der Waals surface area contributed by atoms with E-state index in [1.165, 1.54) is 12.3 Å². The van der Waals surface area contributed by atoms with Crippen molar-refractivity contribution >= 4 is 39.1 Å². The van der Waals surface area contributed by atoms with Crippen LogP contribution >= 0.6 is 27.5 Å². The minimum Gasteiger partial charge on any atom is -0.328 e. The van der Waals surface area contributed by atoms with Crippen molar-refractivity contribution in [1.29, 1.82) is 0 Å². The number of aryl methyl sites for hydroxylation is 1. The van der Waals surface area contributed by atoms with E-state index in [2.05, 4.69) is 26.2 Å². The van der Waals surface area contributed by atoms with Gasteiger partial charge in [-0.25, -0.2) is 0 Å². The molecular formula is C13H10BrClN2O2. The van der Waals surface area contributed by atoms with Crippen molar-refractivity contribution in [3.8, 4) is 0 Å². The molecule has 0 aliphatic heterocycles. The van der Waals surface area contributed by atoms with E-state index in [4.69, 9.17) is 11.6 Å².